The zero-order valence-electron chi connectivity index (χ0n) is 16.2. The number of carbonyl (C=O) groups excluding carboxylic acids is 2. The molecule has 0 unspecified atom stereocenters. The van der Waals surface area contributed by atoms with Crippen LogP contribution in [-0.4, -0.2) is 54.3 Å². The summed E-state index contributed by atoms with van der Waals surface area (Å²) in [6, 6.07) is 18.0. The van der Waals surface area contributed by atoms with Gasteiger partial charge in [-0.1, -0.05) is 36.4 Å². The highest BCUT2D eigenvalue weighted by Gasteiger charge is 2.24. The van der Waals surface area contributed by atoms with Crippen LogP contribution in [0, 0.1) is 0 Å². The van der Waals surface area contributed by atoms with Gasteiger partial charge in [-0.15, -0.1) is 0 Å². The molecule has 0 aromatic heterocycles. The predicted molar refractivity (Wildman–Crippen MR) is 110 cm³/mol. The van der Waals surface area contributed by atoms with Crippen LogP contribution in [0.2, 0.25) is 0 Å². The lowest BCUT2D eigenvalue weighted by Crippen LogP contribution is -2.35. The zero-order chi connectivity index (χ0) is 19.3. The average Bonchev–Trinajstić information content (AvgIpc) is 3.02. The van der Waals surface area contributed by atoms with Gasteiger partial charge in [-0.3, -0.25) is 14.5 Å². The van der Waals surface area contributed by atoms with Crippen molar-refractivity contribution in [3.05, 3.63) is 65.7 Å². The molecule has 4 rings (SSSR count). The summed E-state index contributed by atoms with van der Waals surface area (Å²) in [4.78, 5) is 31.2. The fourth-order valence-electron chi connectivity index (χ4n) is 4.08. The number of rotatable bonds is 4. The first-order valence-electron chi connectivity index (χ1n) is 10.2. The quantitative estimate of drug-likeness (QED) is 0.822. The zero-order valence-corrected chi connectivity index (χ0v) is 16.2. The summed E-state index contributed by atoms with van der Waals surface area (Å²) in [5.74, 6) is 0.214. The van der Waals surface area contributed by atoms with Crippen LogP contribution >= 0.6 is 0 Å². The number of amides is 2. The van der Waals surface area contributed by atoms with E-state index in [9.17, 15) is 9.59 Å². The molecule has 0 spiro atoms. The Morgan fingerprint density at radius 3 is 2.50 bits per heavy atom. The summed E-state index contributed by atoms with van der Waals surface area (Å²) >= 11 is 0. The third-order valence-electron chi connectivity index (χ3n) is 5.60. The van der Waals surface area contributed by atoms with Gasteiger partial charge in [-0.05, 0) is 36.6 Å². The molecule has 2 amide bonds. The molecule has 5 heteroatoms. The molecular formula is C23H27N3O2. The summed E-state index contributed by atoms with van der Waals surface area (Å²) in [5, 5.41) is 0. The van der Waals surface area contributed by atoms with E-state index in [4.69, 9.17) is 0 Å². The van der Waals surface area contributed by atoms with E-state index in [-0.39, 0.29) is 11.8 Å². The molecule has 146 valence electrons. The van der Waals surface area contributed by atoms with E-state index in [0.29, 0.717) is 12.0 Å². The molecule has 0 radical (unpaired) electrons. The summed E-state index contributed by atoms with van der Waals surface area (Å²) in [5.41, 5.74) is 2.83. The lowest BCUT2D eigenvalue weighted by atomic mass is 10.1. The summed E-state index contributed by atoms with van der Waals surface area (Å²) in [6.45, 7) is 5.06. The first-order valence-corrected chi connectivity index (χ1v) is 10.2. The van der Waals surface area contributed by atoms with Crippen molar-refractivity contribution in [3.8, 4) is 0 Å². The van der Waals surface area contributed by atoms with Crippen molar-refractivity contribution in [3.63, 3.8) is 0 Å². The molecular weight excluding hydrogens is 350 g/mol. The van der Waals surface area contributed by atoms with Crippen molar-refractivity contribution in [2.24, 2.45) is 0 Å². The van der Waals surface area contributed by atoms with Crippen molar-refractivity contribution in [2.75, 3.05) is 37.6 Å². The van der Waals surface area contributed by atoms with Crippen molar-refractivity contribution in [1.82, 2.24) is 9.80 Å². The number of nitrogens with zero attached hydrogens (tertiary/aromatic N) is 3. The van der Waals surface area contributed by atoms with Crippen LogP contribution in [0.25, 0.3) is 0 Å². The maximum Gasteiger partial charge on any atom is 0.253 e. The average molecular weight is 377 g/mol. The van der Waals surface area contributed by atoms with Crippen molar-refractivity contribution in [1.29, 1.82) is 0 Å². The number of hydrogen-bond donors (Lipinski definition) is 0. The third kappa shape index (κ3) is 4.25. The lowest BCUT2D eigenvalue weighted by Gasteiger charge is -2.23. The number of hydrogen-bond acceptors (Lipinski definition) is 3. The second-order valence-electron chi connectivity index (χ2n) is 7.61. The Bertz CT molecular complexity index is 837. The summed E-state index contributed by atoms with van der Waals surface area (Å²) in [6.07, 6.45) is 2.46. The van der Waals surface area contributed by atoms with E-state index >= 15 is 0 Å². The van der Waals surface area contributed by atoms with Crippen LogP contribution in [0.5, 0.6) is 0 Å². The van der Waals surface area contributed by atoms with Gasteiger partial charge < -0.3 is 9.80 Å². The van der Waals surface area contributed by atoms with Crippen LogP contribution in [0.3, 0.4) is 0 Å². The van der Waals surface area contributed by atoms with E-state index in [1.165, 1.54) is 5.56 Å². The van der Waals surface area contributed by atoms with Crippen molar-refractivity contribution >= 4 is 17.5 Å². The number of carbonyl (C=O) groups is 2. The lowest BCUT2D eigenvalue weighted by molar-refractivity contribution is -0.117. The predicted octanol–water partition coefficient (Wildman–Crippen LogP) is 3.16. The molecule has 2 aliphatic heterocycles. The van der Waals surface area contributed by atoms with Crippen molar-refractivity contribution < 1.29 is 9.59 Å². The molecule has 0 atom stereocenters. The summed E-state index contributed by atoms with van der Waals surface area (Å²) < 4.78 is 0. The van der Waals surface area contributed by atoms with Crippen LogP contribution in [0.1, 0.15) is 35.2 Å². The minimum absolute atomic E-state index is 0.0649. The van der Waals surface area contributed by atoms with Gasteiger partial charge in [-0.25, -0.2) is 0 Å². The Labute approximate surface area is 166 Å². The fraction of sp³-hybridized carbons (Fsp3) is 0.391. The van der Waals surface area contributed by atoms with Gasteiger partial charge in [0.05, 0.1) is 0 Å². The highest BCUT2D eigenvalue weighted by atomic mass is 16.2. The molecule has 2 heterocycles. The molecule has 0 saturated carbocycles. The van der Waals surface area contributed by atoms with E-state index in [1.54, 1.807) is 4.90 Å². The summed E-state index contributed by atoms with van der Waals surface area (Å²) in [7, 11) is 0. The van der Waals surface area contributed by atoms with Gasteiger partial charge >= 0.3 is 0 Å². The van der Waals surface area contributed by atoms with Crippen molar-refractivity contribution in [2.45, 2.75) is 25.8 Å². The Morgan fingerprint density at radius 2 is 1.71 bits per heavy atom. The second kappa shape index (κ2) is 8.57. The van der Waals surface area contributed by atoms with E-state index in [0.717, 1.165) is 57.8 Å². The molecule has 2 aromatic carbocycles. The normalized spacial score (nSPS) is 18.4. The maximum atomic E-state index is 13.1. The number of benzene rings is 2. The minimum atomic E-state index is 0.0649. The van der Waals surface area contributed by atoms with Crippen LogP contribution in [0.15, 0.2) is 54.6 Å². The van der Waals surface area contributed by atoms with E-state index < -0.39 is 0 Å². The SMILES string of the molecule is O=C(c1cccc(N2CCCC2=O)c1)N1CCCN(Cc2ccccc2)CC1. The van der Waals surface area contributed by atoms with Gasteiger partial charge in [0.1, 0.15) is 0 Å². The Morgan fingerprint density at radius 1 is 0.857 bits per heavy atom. The Hall–Kier alpha value is -2.66. The topological polar surface area (TPSA) is 43.9 Å². The van der Waals surface area contributed by atoms with E-state index in [2.05, 4.69) is 29.2 Å². The molecule has 2 saturated heterocycles. The smallest absolute Gasteiger partial charge is 0.253 e. The van der Waals surface area contributed by atoms with Gasteiger partial charge in [0.15, 0.2) is 0 Å². The molecule has 2 aliphatic rings. The molecule has 0 aliphatic carbocycles. The Balaban J connectivity index is 1.40. The standard InChI is InChI=1S/C23H27N3O2/c27-22-11-5-14-26(22)21-10-4-9-20(17-21)23(28)25-13-6-12-24(15-16-25)18-19-7-2-1-3-8-19/h1-4,7-10,17H,5-6,11-16,18H2. The first kappa shape index (κ1) is 18.7. The minimum Gasteiger partial charge on any atom is -0.337 e. The molecule has 5 nitrogen and oxygen atoms in total. The molecule has 2 fully saturated rings. The molecule has 28 heavy (non-hydrogen) atoms. The molecule has 2 aromatic rings. The van der Waals surface area contributed by atoms with Gasteiger partial charge in [0.25, 0.3) is 5.91 Å². The monoisotopic (exact) mass is 377 g/mol. The molecule has 0 bridgehead atoms. The number of anilines is 1. The molecule has 0 N–H and O–H groups in total. The first-order chi connectivity index (χ1) is 13.7. The maximum absolute atomic E-state index is 13.1. The van der Waals surface area contributed by atoms with Crippen LogP contribution < -0.4 is 4.90 Å². The van der Waals surface area contributed by atoms with Gasteiger partial charge in [0, 0.05) is 56.9 Å². The van der Waals surface area contributed by atoms with Gasteiger partial charge in [0.2, 0.25) is 5.91 Å². The third-order valence-corrected chi connectivity index (χ3v) is 5.60. The van der Waals surface area contributed by atoms with Crippen LogP contribution in [0.4, 0.5) is 5.69 Å². The highest BCUT2D eigenvalue weighted by molar-refractivity contribution is 5.99. The van der Waals surface area contributed by atoms with Crippen LogP contribution in [-0.2, 0) is 11.3 Å². The fourth-order valence-corrected chi connectivity index (χ4v) is 4.08. The second-order valence-corrected chi connectivity index (χ2v) is 7.61. The highest BCUT2D eigenvalue weighted by Crippen LogP contribution is 2.23. The Kier molecular flexibility index (Phi) is 5.72. The van der Waals surface area contributed by atoms with Gasteiger partial charge in [-0.2, -0.15) is 0 Å². The van der Waals surface area contributed by atoms with E-state index in [1.807, 2.05) is 35.2 Å². The largest absolute Gasteiger partial charge is 0.337 e.